The van der Waals surface area contributed by atoms with E-state index in [1.165, 1.54) is 0 Å². The third-order valence-corrected chi connectivity index (χ3v) is 3.06. The molecule has 0 aromatic carbocycles. The highest BCUT2D eigenvalue weighted by Gasteiger charge is 2.17. The zero-order chi connectivity index (χ0) is 13.0. The number of nitrogens with one attached hydrogen (secondary N) is 1. The summed E-state index contributed by atoms with van der Waals surface area (Å²) in [7, 11) is 0. The van der Waals surface area contributed by atoms with Gasteiger partial charge in [-0.3, -0.25) is 15.2 Å². The Morgan fingerprint density at radius 2 is 2.17 bits per heavy atom. The van der Waals surface area contributed by atoms with E-state index in [4.69, 9.17) is 10.3 Å². The SMILES string of the molecule is CC(Sc1nnc(-c2ccncc2)o1)C(=O)NN. The second kappa shape index (κ2) is 5.61. The first-order valence-corrected chi connectivity index (χ1v) is 5.99. The molecule has 0 saturated carbocycles. The molecule has 7 nitrogen and oxygen atoms in total. The molecule has 0 aliphatic carbocycles. The zero-order valence-corrected chi connectivity index (χ0v) is 10.3. The van der Waals surface area contributed by atoms with Crippen LogP contribution in [0.2, 0.25) is 0 Å². The number of carbonyl (C=O) groups excluding carboxylic acids is 1. The third-order valence-electron chi connectivity index (χ3n) is 2.12. The fourth-order valence-electron chi connectivity index (χ4n) is 1.19. The summed E-state index contributed by atoms with van der Waals surface area (Å²) >= 11 is 1.14. The van der Waals surface area contributed by atoms with E-state index in [1.807, 2.05) is 0 Å². The van der Waals surface area contributed by atoms with Gasteiger partial charge in [0.15, 0.2) is 0 Å². The van der Waals surface area contributed by atoms with Gasteiger partial charge in [-0.2, -0.15) is 0 Å². The van der Waals surface area contributed by atoms with Crippen LogP contribution in [0.1, 0.15) is 6.92 Å². The quantitative estimate of drug-likeness (QED) is 0.361. The predicted octanol–water partition coefficient (Wildman–Crippen LogP) is 0.602. The molecule has 8 heteroatoms. The molecule has 2 aromatic heterocycles. The van der Waals surface area contributed by atoms with Crippen molar-refractivity contribution in [1.82, 2.24) is 20.6 Å². The molecule has 0 aliphatic heterocycles. The van der Waals surface area contributed by atoms with Crippen LogP contribution in [-0.4, -0.2) is 26.3 Å². The molecular formula is C10H11N5O2S. The normalized spacial score (nSPS) is 12.1. The van der Waals surface area contributed by atoms with Gasteiger partial charge in [0.1, 0.15) is 0 Å². The summed E-state index contributed by atoms with van der Waals surface area (Å²) < 4.78 is 5.43. The number of rotatable bonds is 4. The highest BCUT2D eigenvalue weighted by atomic mass is 32.2. The molecule has 0 bridgehead atoms. The number of thioether (sulfide) groups is 1. The summed E-state index contributed by atoms with van der Waals surface area (Å²) in [6.45, 7) is 1.70. The standard InChI is InChI=1S/C10H11N5O2S/c1-6(8(16)13-11)18-10-15-14-9(17-10)7-2-4-12-5-3-7/h2-6H,11H2,1H3,(H,13,16). The van der Waals surface area contributed by atoms with Crippen molar-refractivity contribution in [3.63, 3.8) is 0 Å². The number of carbonyl (C=O) groups is 1. The summed E-state index contributed by atoms with van der Waals surface area (Å²) in [6.07, 6.45) is 3.27. The van der Waals surface area contributed by atoms with Gasteiger partial charge in [0.25, 0.3) is 5.22 Å². The fourth-order valence-corrected chi connectivity index (χ4v) is 1.88. The molecule has 18 heavy (non-hydrogen) atoms. The Kier molecular flexibility index (Phi) is 3.90. The van der Waals surface area contributed by atoms with Crippen molar-refractivity contribution in [2.75, 3.05) is 0 Å². The largest absolute Gasteiger partial charge is 0.411 e. The molecular weight excluding hydrogens is 254 g/mol. The number of hydrazine groups is 1. The first-order valence-electron chi connectivity index (χ1n) is 5.11. The Balaban J connectivity index is 2.09. The van der Waals surface area contributed by atoms with Gasteiger partial charge in [0, 0.05) is 18.0 Å². The van der Waals surface area contributed by atoms with Crippen LogP contribution < -0.4 is 11.3 Å². The maximum Gasteiger partial charge on any atom is 0.277 e. The average molecular weight is 265 g/mol. The van der Waals surface area contributed by atoms with Crippen LogP contribution in [0.5, 0.6) is 0 Å². The monoisotopic (exact) mass is 265 g/mol. The van der Waals surface area contributed by atoms with Crippen LogP contribution in [-0.2, 0) is 4.79 Å². The van der Waals surface area contributed by atoms with Gasteiger partial charge >= 0.3 is 0 Å². The number of pyridine rings is 1. The molecule has 0 saturated heterocycles. The van der Waals surface area contributed by atoms with Crippen LogP contribution in [0.15, 0.2) is 34.2 Å². The Morgan fingerprint density at radius 1 is 1.44 bits per heavy atom. The topological polar surface area (TPSA) is 107 Å². The van der Waals surface area contributed by atoms with Crippen molar-refractivity contribution in [2.45, 2.75) is 17.4 Å². The zero-order valence-electron chi connectivity index (χ0n) is 9.53. The lowest BCUT2D eigenvalue weighted by Crippen LogP contribution is -2.36. The third kappa shape index (κ3) is 2.84. The molecule has 2 heterocycles. The van der Waals surface area contributed by atoms with E-state index in [0.29, 0.717) is 11.1 Å². The molecule has 94 valence electrons. The van der Waals surface area contributed by atoms with Crippen molar-refractivity contribution >= 4 is 17.7 Å². The lowest BCUT2D eigenvalue weighted by molar-refractivity contribution is -0.120. The minimum atomic E-state index is -0.402. The summed E-state index contributed by atoms with van der Waals surface area (Å²) in [6, 6.07) is 3.52. The van der Waals surface area contributed by atoms with Crippen LogP contribution in [0.3, 0.4) is 0 Å². The van der Waals surface area contributed by atoms with E-state index in [0.717, 1.165) is 17.3 Å². The first kappa shape index (κ1) is 12.5. The summed E-state index contributed by atoms with van der Waals surface area (Å²) in [5, 5.41) is 7.67. The maximum atomic E-state index is 11.2. The van der Waals surface area contributed by atoms with Crippen molar-refractivity contribution in [3.05, 3.63) is 24.5 Å². The molecule has 0 radical (unpaired) electrons. The average Bonchev–Trinajstić information content (AvgIpc) is 2.87. The number of nitrogens with zero attached hydrogens (tertiary/aromatic N) is 3. The van der Waals surface area contributed by atoms with Crippen LogP contribution in [0.4, 0.5) is 0 Å². The van der Waals surface area contributed by atoms with Crippen LogP contribution >= 0.6 is 11.8 Å². The van der Waals surface area contributed by atoms with E-state index >= 15 is 0 Å². The molecule has 0 spiro atoms. The molecule has 3 N–H and O–H groups in total. The Morgan fingerprint density at radius 3 is 2.83 bits per heavy atom. The Bertz CT molecular complexity index is 530. The van der Waals surface area contributed by atoms with Gasteiger partial charge < -0.3 is 4.42 Å². The fraction of sp³-hybridized carbons (Fsp3) is 0.200. The molecule has 1 unspecified atom stereocenters. The second-order valence-corrected chi connectivity index (χ2v) is 4.67. The minimum Gasteiger partial charge on any atom is -0.411 e. The summed E-state index contributed by atoms with van der Waals surface area (Å²) in [5.74, 6) is 5.12. The van der Waals surface area contributed by atoms with Gasteiger partial charge in [-0.1, -0.05) is 11.8 Å². The van der Waals surface area contributed by atoms with E-state index in [1.54, 1.807) is 31.5 Å². The lowest BCUT2D eigenvalue weighted by Gasteiger charge is -2.04. The summed E-state index contributed by atoms with van der Waals surface area (Å²) in [4.78, 5) is 15.1. The lowest BCUT2D eigenvalue weighted by atomic mass is 10.3. The number of hydrogen-bond donors (Lipinski definition) is 2. The van der Waals surface area contributed by atoms with Crippen molar-refractivity contribution < 1.29 is 9.21 Å². The molecule has 2 aromatic rings. The summed E-state index contributed by atoms with van der Waals surface area (Å²) in [5.41, 5.74) is 2.84. The van der Waals surface area contributed by atoms with Gasteiger partial charge in [-0.25, -0.2) is 5.84 Å². The number of amides is 1. The van der Waals surface area contributed by atoms with Crippen molar-refractivity contribution in [1.29, 1.82) is 0 Å². The minimum absolute atomic E-state index is 0.302. The van der Waals surface area contributed by atoms with Crippen LogP contribution in [0, 0.1) is 0 Å². The molecule has 1 atom stereocenters. The van der Waals surface area contributed by atoms with E-state index in [9.17, 15) is 4.79 Å². The van der Waals surface area contributed by atoms with Crippen molar-refractivity contribution in [3.8, 4) is 11.5 Å². The maximum absolute atomic E-state index is 11.2. The highest BCUT2D eigenvalue weighted by Crippen LogP contribution is 2.25. The Hall–Kier alpha value is -1.93. The number of aromatic nitrogens is 3. The van der Waals surface area contributed by atoms with E-state index < -0.39 is 5.25 Å². The van der Waals surface area contributed by atoms with Gasteiger partial charge in [0.05, 0.1) is 5.25 Å². The number of hydrogen-bond acceptors (Lipinski definition) is 7. The predicted molar refractivity (Wildman–Crippen MR) is 65.2 cm³/mol. The van der Waals surface area contributed by atoms with E-state index in [-0.39, 0.29) is 5.91 Å². The molecule has 2 rings (SSSR count). The second-order valence-electron chi connectivity index (χ2n) is 3.38. The smallest absolute Gasteiger partial charge is 0.277 e. The highest BCUT2D eigenvalue weighted by molar-refractivity contribution is 8.00. The van der Waals surface area contributed by atoms with Gasteiger partial charge in [-0.05, 0) is 19.1 Å². The Labute approximate surface area is 107 Å². The van der Waals surface area contributed by atoms with E-state index in [2.05, 4.69) is 20.6 Å². The van der Waals surface area contributed by atoms with Gasteiger partial charge in [0.2, 0.25) is 11.8 Å². The van der Waals surface area contributed by atoms with Crippen LogP contribution in [0.25, 0.3) is 11.5 Å². The number of nitrogens with two attached hydrogens (primary N) is 1. The molecule has 1 amide bonds. The first-order chi connectivity index (χ1) is 8.70. The molecule has 0 aliphatic rings. The van der Waals surface area contributed by atoms with Crippen molar-refractivity contribution in [2.24, 2.45) is 5.84 Å². The van der Waals surface area contributed by atoms with Gasteiger partial charge in [-0.15, -0.1) is 10.2 Å². The molecule has 0 fully saturated rings.